The number of nitrogens with zero attached hydrogens (tertiary/aromatic N) is 3. The molecule has 9 unspecified atom stereocenters. The number of ether oxygens (including phenoxy) is 6. The quantitative estimate of drug-likeness (QED) is 0.0244. The summed E-state index contributed by atoms with van der Waals surface area (Å²) in [6.45, 7) is 20.1. The fourth-order valence-electron chi connectivity index (χ4n) is 6.97. The van der Waals surface area contributed by atoms with Gasteiger partial charge in [-0.2, -0.15) is 0 Å². The molecule has 9 atom stereocenters. The standard InChI is InChI=1S/C51H78N3O12P3/c1-10-13-31-58-40(7)61-34-28-43-22-16-19-25-46(43)67-64-37(4)52-49(55)53(38(5)65-68-47-26-20-17-23-44(47)29-35-62-41(8)59-32-14-11-2)51(57)54(50(52)56)39(6)66-69-48-27-21-18-24-45(48)30-36-63-42(9)60-33-15-12-3/h16-27,37-42,67-69H,10-15,28-36H2,1-9H3. The maximum atomic E-state index is 14.5. The van der Waals surface area contributed by atoms with Crippen molar-refractivity contribution in [1.82, 2.24) is 13.7 Å². The Kier molecular flexibility index (Phi) is 27.9. The highest BCUT2D eigenvalue weighted by Crippen LogP contribution is 2.26. The molecule has 15 nitrogen and oxygen atoms in total. The lowest BCUT2D eigenvalue weighted by atomic mass is 10.2. The molecule has 0 fully saturated rings. The van der Waals surface area contributed by atoms with E-state index in [0.29, 0.717) is 58.9 Å². The maximum Gasteiger partial charge on any atom is 0.340 e. The van der Waals surface area contributed by atoms with Crippen molar-refractivity contribution in [2.24, 2.45) is 0 Å². The van der Waals surface area contributed by atoms with Crippen molar-refractivity contribution < 1.29 is 42.0 Å². The molecule has 1 heterocycles. The Balaban J connectivity index is 1.58. The topological polar surface area (TPSA) is 149 Å². The van der Waals surface area contributed by atoms with Gasteiger partial charge < -0.3 is 42.0 Å². The fourth-order valence-corrected chi connectivity index (χ4v) is 9.69. The van der Waals surface area contributed by atoms with Crippen LogP contribution in [-0.4, -0.2) is 72.2 Å². The van der Waals surface area contributed by atoms with Crippen molar-refractivity contribution >= 4 is 42.3 Å². The van der Waals surface area contributed by atoms with E-state index in [1.165, 1.54) is 0 Å². The number of hydrogen-bond donors (Lipinski definition) is 0. The molecule has 384 valence electrons. The van der Waals surface area contributed by atoms with Gasteiger partial charge in [0.1, 0.15) is 18.7 Å². The molecular weight excluding hydrogens is 939 g/mol. The molecule has 0 spiro atoms. The molecule has 3 aromatic carbocycles. The number of aromatic nitrogens is 3. The Morgan fingerprint density at radius 1 is 0.391 bits per heavy atom. The SMILES string of the molecule is CCCCOC(C)OCCc1ccccc1POC(C)n1c(=O)n(C(C)OPc2ccccc2CCOC(C)OCCCC)c(=O)n(C(C)OPc2ccccc2CCOC(C)OCCCC)c1=O. The monoisotopic (exact) mass is 1020 g/mol. The molecule has 18 heteroatoms. The number of rotatable bonds is 36. The molecule has 0 aliphatic heterocycles. The summed E-state index contributed by atoms with van der Waals surface area (Å²) in [5.74, 6) is 0. The first-order valence-electron chi connectivity index (χ1n) is 24.6. The average molecular weight is 1020 g/mol. The third kappa shape index (κ3) is 19.9. The van der Waals surface area contributed by atoms with Gasteiger partial charge in [-0.15, -0.1) is 0 Å². The van der Waals surface area contributed by atoms with Crippen molar-refractivity contribution in [3.63, 3.8) is 0 Å². The van der Waals surface area contributed by atoms with E-state index >= 15 is 0 Å². The van der Waals surface area contributed by atoms with Gasteiger partial charge in [0.05, 0.1) is 19.8 Å². The van der Waals surface area contributed by atoms with Crippen LogP contribution >= 0.6 is 26.4 Å². The van der Waals surface area contributed by atoms with E-state index in [1.807, 2.05) is 93.6 Å². The van der Waals surface area contributed by atoms with Crippen LogP contribution in [0.3, 0.4) is 0 Å². The first kappa shape index (κ1) is 58.6. The summed E-state index contributed by atoms with van der Waals surface area (Å²) in [6, 6.07) is 23.5. The Labute approximate surface area is 414 Å². The minimum atomic E-state index is -1.08. The molecule has 69 heavy (non-hydrogen) atoms. The van der Waals surface area contributed by atoms with Gasteiger partial charge in [-0.3, -0.25) is 0 Å². The van der Waals surface area contributed by atoms with E-state index in [2.05, 4.69) is 20.8 Å². The van der Waals surface area contributed by atoms with Gasteiger partial charge in [-0.25, -0.2) is 28.1 Å². The predicted molar refractivity (Wildman–Crippen MR) is 280 cm³/mol. The first-order valence-corrected chi connectivity index (χ1v) is 27.3. The summed E-state index contributed by atoms with van der Waals surface area (Å²) in [7, 11) is -0.708. The van der Waals surface area contributed by atoms with Crippen LogP contribution in [-0.2, 0) is 61.3 Å². The van der Waals surface area contributed by atoms with Crippen LogP contribution < -0.4 is 33.0 Å². The molecular formula is C51H78N3O12P3. The number of benzene rings is 3. The summed E-state index contributed by atoms with van der Waals surface area (Å²) < 4.78 is 56.9. The summed E-state index contributed by atoms with van der Waals surface area (Å²) in [5.41, 5.74) is 0.442. The number of unbranched alkanes of at least 4 members (excludes halogenated alkanes) is 3. The van der Waals surface area contributed by atoms with E-state index < -0.39 is 35.8 Å². The second kappa shape index (κ2) is 32.9. The Morgan fingerprint density at radius 2 is 0.638 bits per heavy atom. The van der Waals surface area contributed by atoms with Crippen LogP contribution in [0.15, 0.2) is 87.2 Å². The van der Waals surface area contributed by atoms with Gasteiger partial charge >= 0.3 is 17.1 Å². The predicted octanol–water partition coefficient (Wildman–Crippen LogP) is 8.70. The molecule has 4 rings (SSSR count). The zero-order valence-corrected chi connectivity index (χ0v) is 45.2. The van der Waals surface area contributed by atoms with Gasteiger partial charge in [-0.1, -0.05) is 113 Å². The normalized spacial score (nSPS) is 14.9. The van der Waals surface area contributed by atoms with Gasteiger partial charge in [0.15, 0.2) is 18.9 Å². The fraction of sp³-hybridized carbons (Fsp3) is 0.588. The van der Waals surface area contributed by atoms with E-state index in [9.17, 15) is 14.4 Å². The minimum Gasteiger partial charge on any atom is -0.353 e. The third-order valence-electron chi connectivity index (χ3n) is 11.1. The second-order valence-corrected chi connectivity index (χ2v) is 19.6. The van der Waals surface area contributed by atoms with E-state index in [0.717, 1.165) is 84.8 Å². The van der Waals surface area contributed by atoms with Crippen LogP contribution in [0.4, 0.5) is 0 Å². The lowest BCUT2D eigenvalue weighted by Gasteiger charge is -2.24. The highest BCUT2D eigenvalue weighted by atomic mass is 31.1. The maximum absolute atomic E-state index is 14.5. The third-order valence-corrected chi connectivity index (χ3v) is 14.6. The highest BCUT2D eigenvalue weighted by molar-refractivity contribution is 7.42. The molecule has 0 bridgehead atoms. The summed E-state index contributed by atoms with van der Waals surface area (Å²) in [6.07, 6.45) is 3.64. The van der Waals surface area contributed by atoms with Gasteiger partial charge in [0.2, 0.25) is 0 Å². The van der Waals surface area contributed by atoms with Crippen molar-refractivity contribution in [2.75, 3.05) is 39.6 Å². The van der Waals surface area contributed by atoms with Crippen molar-refractivity contribution in [3.05, 3.63) is 121 Å². The van der Waals surface area contributed by atoms with Crippen LogP contribution in [0.5, 0.6) is 0 Å². The molecule has 0 aliphatic rings. The van der Waals surface area contributed by atoms with Crippen molar-refractivity contribution in [2.45, 2.75) is 158 Å². The molecule has 0 N–H and O–H groups in total. The lowest BCUT2D eigenvalue weighted by Crippen LogP contribution is -2.57. The molecule has 0 aliphatic carbocycles. The Bertz CT molecular complexity index is 1980. The Morgan fingerprint density at radius 3 is 0.899 bits per heavy atom. The van der Waals surface area contributed by atoms with Gasteiger partial charge in [0, 0.05) is 62.2 Å². The molecule has 1 aromatic heterocycles. The van der Waals surface area contributed by atoms with E-state index in [4.69, 9.17) is 42.0 Å². The summed E-state index contributed by atoms with van der Waals surface area (Å²) >= 11 is 0. The Hall–Kier alpha value is -3.00. The van der Waals surface area contributed by atoms with Crippen molar-refractivity contribution in [3.8, 4) is 0 Å². The van der Waals surface area contributed by atoms with Gasteiger partial charge in [0.25, 0.3) is 0 Å². The van der Waals surface area contributed by atoms with Crippen LogP contribution in [0, 0.1) is 0 Å². The van der Waals surface area contributed by atoms with E-state index in [1.54, 1.807) is 20.8 Å². The highest BCUT2D eigenvalue weighted by Gasteiger charge is 2.27. The summed E-state index contributed by atoms with van der Waals surface area (Å²) in [5, 5.41) is 2.69. The average Bonchev–Trinajstić information content (AvgIpc) is 3.33. The molecule has 0 saturated carbocycles. The van der Waals surface area contributed by atoms with Crippen LogP contribution in [0.2, 0.25) is 0 Å². The molecule has 0 amide bonds. The van der Waals surface area contributed by atoms with Crippen LogP contribution in [0.25, 0.3) is 0 Å². The summed E-state index contributed by atoms with van der Waals surface area (Å²) in [4.78, 5) is 43.5. The molecule has 0 saturated heterocycles. The lowest BCUT2D eigenvalue weighted by molar-refractivity contribution is -0.130. The molecule has 4 aromatic rings. The first-order chi connectivity index (χ1) is 33.4. The zero-order valence-electron chi connectivity index (χ0n) is 42.2. The number of hydrogen-bond acceptors (Lipinski definition) is 12. The minimum absolute atomic E-state index is 0.236. The molecule has 0 radical (unpaired) electrons. The van der Waals surface area contributed by atoms with Crippen LogP contribution in [0.1, 0.15) is 136 Å². The van der Waals surface area contributed by atoms with Gasteiger partial charge in [-0.05, 0) is 96.8 Å². The second-order valence-electron chi connectivity index (χ2n) is 16.6. The smallest absolute Gasteiger partial charge is 0.340 e. The van der Waals surface area contributed by atoms with Crippen molar-refractivity contribution in [1.29, 1.82) is 0 Å². The largest absolute Gasteiger partial charge is 0.353 e. The zero-order chi connectivity index (χ0) is 50.0. The van der Waals surface area contributed by atoms with E-state index in [-0.39, 0.29) is 45.3 Å².